The number of benzene rings is 2. The lowest BCUT2D eigenvalue weighted by Gasteiger charge is -2.16. The van der Waals surface area contributed by atoms with Crippen LogP contribution in [0.5, 0.6) is 0 Å². The second kappa shape index (κ2) is 6.51. The van der Waals surface area contributed by atoms with Crippen LogP contribution in [0.15, 0.2) is 48.5 Å². The lowest BCUT2D eigenvalue weighted by molar-refractivity contribution is -0.136. The molecule has 0 saturated carbocycles. The van der Waals surface area contributed by atoms with E-state index in [-0.39, 0.29) is 23.7 Å². The Hall–Kier alpha value is -2.56. The Morgan fingerprint density at radius 3 is 2.62 bits per heavy atom. The molecule has 2 aromatic rings. The number of hydrogen-bond donors (Lipinski definition) is 0. The molecular weight excluding hydrogens is 312 g/mol. The topological polar surface area (TPSA) is 37.4 Å². The molecule has 0 aromatic heterocycles. The lowest BCUT2D eigenvalue weighted by atomic mass is 9.83. The molecule has 24 heavy (non-hydrogen) atoms. The summed E-state index contributed by atoms with van der Waals surface area (Å²) in [4.78, 5) is 26.6. The molecule has 2 aromatic carbocycles. The molecule has 0 N–H and O–H groups in total. The van der Waals surface area contributed by atoms with Crippen LogP contribution in [0.3, 0.4) is 0 Å². The van der Waals surface area contributed by atoms with E-state index in [4.69, 9.17) is 0 Å². The van der Waals surface area contributed by atoms with E-state index >= 15 is 0 Å². The van der Waals surface area contributed by atoms with E-state index in [1.807, 2.05) is 0 Å². The van der Waals surface area contributed by atoms with Crippen molar-refractivity contribution in [1.29, 1.82) is 0 Å². The van der Waals surface area contributed by atoms with Gasteiger partial charge >= 0.3 is 0 Å². The van der Waals surface area contributed by atoms with Crippen molar-refractivity contribution < 1.29 is 18.4 Å². The Morgan fingerprint density at radius 1 is 1.17 bits per heavy atom. The number of nitrogens with zero attached hydrogens (tertiary/aromatic N) is 1. The molecule has 1 fully saturated rings. The lowest BCUT2D eigenvalue weighted by Crippen LogP contribution is -2.29. The maximum atomic E-state index is 13.8. The fourth-order valence-electron chi connectivity index (χ4n) is 3.24. The van der Waals surface area contributed by atoms with Crippen LogP contribution in [0.2, 0.25) is 0 Å². The molecule has 3 nitrogen and oxygen atoms in total. The summed E-state index contributed by atoms with van der Waals surface area (Å²) in [5.41, 5.74) is 0.877. The molecule has 1 aliphatic rings. The Labute approximate surface area is 138 Å². The Morgan fingerprint density at radius 2 is 1.92 bits per heavy atom. The van der Waals surface area contributed by atoms with Crippen LogP contribution in [0.1, 0.15) is 17.0 Å². The number of carbonyl (C=O) groups is 2. The normalized spacial score (nSPS) is 20.5. The van der Waals surface area contributed by atoms with Gasteiger partial charge in [-0.2, -0.15) is 0 Å². The number of halogens is 2. The van der Waals surface area contributed by atoms with Gasteiger partial charge in [-0.15, -0.1) is 0 Å². The molecule has 0 radical (unpaired) electrons. The van der Waals surface area contributed by atoms with Gasteiger partial charge in [0, 0.05) is 25.9 Å². The van der Waals surface area contributed by atoms with Gasteiger partial charge in [0.05, 0.1) is 0 Å². The van der Waals surface area contributed by atoms with Crippen molar-refractivity contribution in [2.45, 2.75) is 12.3 Å². The molecule has 124 valence electrons. The number of rotatable bonds is 4. The second-order valence-electron chi connectivity index (χ2n) is 6.09. The zero-order chi connectivity index (χ0) is 17.3. The molecule has 1 aliphatic heterocycles. The number of likely N-dealkylation sites (N-methyl/N-ethyl adjacent to an activating group) is 1. The molecular formula is C19H17F2NO2. The molecule has 1 saturated heterocycles. The first-order valence-electron chi connectivity index (χ1n) is 7.74. The predicted molar refractivity (Wildman–Crippen MR) is 85.4 cm³/mol. The van der Waals surface area contributed by atoms with Gasteiger partial charge in [0.25, 0.3) is 0 Å². The minimum Gasteiger partial charge on any atom is -0.344 e. The second-order valence-corrected chi connectivity index (χ2v) is 6.09. The molecule has 1 heterocycles. The van der Waals surface area contributed by atoms with Gasteiger partial charge in [0.2, 0.25) is 5.91 Å². The third kappa shape index (κ3) is 3.07. The van der Waals surface area contributed by atoms with Crippen LogP contribution >= 0.6 is 0 Å². The average Bonchev–Trinajstić information content (AvgIpc) is 2.85. The predicted octanol–water partition coefficient (Wildman–Crippen LogP) is 2.95. The Bertz CT molecular complexity index is 790. The van der Waals surface area contributed by atoms with Gasteiger partial charge < -0.3 is 4.90 Å². The summed E-state index contributed by atoms with van der Waals surface area (Å²) in [5.74, 6) is -2.84. The maximum absolute atomic E-state index is 13.8. The summed E-state index contributed by atoms with van der Waals surface area (Å²) in [6.07, 6.45) is -0.150. The van der Waals surface area contributed by atoms with E-state index in [0.717, 1.165) is 0 Å². The summed E-state index contributed by atoms with van der Waals surface area (Å²) in [6.45, 7) is 0.343. The van der Waals surface area contributed by atoms with Gasteiger partial charge in [-0.3, -0.25) is 9.59 Å². The summed E-state index contributed by atoms with van der Waals surface area (Å²) < 4.78 is 27.3. The summed E-state index contributed by atoms with van der Waals surface area (Å²) in [6, 6.07) is 12.0. The summed E-state index contributed by atoms with van der Waals surface area (Å²) in [5, 5.41) is 0. The standard InChI is InChI=1S/C19H17F2NO2/c1-22-11-15(12-6-4-7-14(20)9-12)18(19(22)24)17(23)10-13-5-2-3-8-16(13)21/h2-9,15,18H,10-11H2,1H3/t15-,18+/m1/s1. The molecule has 5 heteroatoms. The van der Waals surface area contributed by atoms with Crippen LogP contribution in [-0.2, 0) is 16.0 Å². The third-order valence-corrected chi connectivity index (χ3v) is 4.46. The van der Waals surface area contributed by atoms with E-state index in [2.05, 4.69) is 0 Å². The zero-order valence-corrected chi connectivity index (χ0v) is 13.2. The van der Waals surface area contributed by atoms with Crippen LogP contribution in [0.4, 0.5) is 8.78 Å². The number of hydrogen-bond acceptors (Lipinski definition) is 2. The minimum atomic E-state index is -0.906. The highest BCUT2D eigenvalue weighted by Crippen LogP contribution is 2.34. The summed E-state index contributed by atoms with van der Waals surface area (Å²) >= 11 is 0. The summed E-state index contributed by atoms with van der Waals surface area (Å²) in [7, 11) is 1.62. The minimum absolute atomic E-state index is 0.150. The van der Waals surface area contributed by atoms with Crippen molar-refractivity contribution in [3.05, 3.63) is 71.3 Å². The third-order valence-electron chi connectivity index (χ3n) is 4.46. The van der Waals surface area contributed by atoms with Gasteiger partial charge in [-0.1, -0.05) is 30.3 Å². The molecule has 0 bridgehead atoms. The van der Waals surface area contributed by atoms with Crippen molar-refractivity contribution in [1.82, 2.24) is 4.90 Å². The zero-order valence-electron chi connectivity index (χ0n) is 13.2. The van der Waals surface area contributed by atoms with Crippen molar-refractivity contribution in [2.24, 2.45) is 5.92 Å². The van der Waals surface area contributed by atoms with E-state index < -0.39 is 23.5 Å². The first-order chi connectivity index (χ1) is 11.5. The number of amides is 1. The number of ketones is 1. The Balaban J connectivity index is 1.89. The average molecular weight is 329 g/mol. The molecule has 0 spiro atoms. The van der Waals surface area contributed by atoms with Crippen LogP contribution in [0.25, 0.3) is 0 Å². The van der Waals surface area contributed by atoms with Gasteiger partial charge in [0.1, 0.15) is 23.3 Å². The number of carbonyl (C=O) groups excluding carboxylic acids is 2. The monoisotopic (exact) mass is 329 g/mol. The van der Waals surface area contributed by atoms with Crippen molar-refractivity contribution >= 4 is 11.7 Å². The van der Waals surface area contributed by atoms with E-state index in [1.54, 1.807) is 31.3 Å². The van der Waals surface area contributed by atoms with Crippen molar-refractivity contribution in [3.63, 3.8) is 0 Å². The van der Waals surface area contributed by atoms with Gasteiger partial charge in [0.15, 0.2) is 0 Å². The van der Waals surface area contributed by atoms with E-state index in [1.165, 1.54) is 29.2 Å². The van der Waals surface area contributed by atoms with Crippen LogP contribution in [-0.4, -0.2) is 30.2 Å². The smallest absolute Gasteiger partial charge is 0.233 e. The largest absolute Gasteiger partial charge is 0.344 e. The molecule has 0 aliphatic carbocycles. The Kier molecular flexibility index (Phi) is 4.42. The van der Waals surface area contributed by atoms with E-state index in [9.17, 15) is 18.4 Å². The maximum Gasteiger partial charge on any atom is 0.233 e. The quantitative estimate of drug-likeness (QED) is 0.809. The highest BCUT2D eigenvalue weighted by atomic mass is 19.1. The number of likely N-dealkylation sites (tertiary alicyclic amines) is 1. The van der Waals surface area contributed by atoms with Crippen molar-refractivity contribution in [2.75, 3.05) is 13.6 Å². The molecule has 0 unspecified atom stereocenters. The van der Waals surface area contributed by atoms with E-state index in [0.29, 0.717) is 12.1 Å². The highest BCUT2D eigenvalue weighted by molar-refractivity contribution is 6.04. The fraction of sp³-hybridized carbons (Fsp3) is 0.263. The fourth-order valence-corrected chi connectivity index (χ4v) is 3.24. The van der Waals surface area contributed by atoms with Crippen molar-refractivity contribution in [3.8, 4) is 0 Å². The molecule has 2 atom stereocenters. The van der Waals surface area contributed by atoms with Gasteiger partial charge in [-0.05, 0) is 29.3 Å². The first kappa shape index (κ1) is 16.3. The van der Waals surface area contributed by atoms with Crippen LogP contribution in [0, 0.1) is 17.6 Å². The first-order valence-corrected chi connectivity index (χ1v) is 7.74. The molecule has 3 rings (SSSR count). The molecule has 1 amide bonds. The van der Waals surface area contributed by atoms with Crippen LogP contribution < -0.4 is 0 Å². The number of Topliss-reactive ketones (excluding diaryl/α,β-unsaturated/α-hetero) is 1. The van der Waals surface area contributed by atoms with Gasteiger partial charge in [-0.25, -0.2) is 8.78 Å². The SMILES string of the molecule is CN1C[C@H](c2cccc(F)c2)[C@@H](C(=O)Cc2ccccc2F)C1=O. The highest BCUT2D eigenvalue weighted by Gasteiger charge is 2.43.